The molecule has 0 N–H and O–H groups in total. The van der Waals surface area contributed by atoms with Gasteiger partial charge in [-0.1, -0.05) is 76.6 Å². The van der Waals surface area contributed by atoms with Crippen LogP contribution in [0.4, 0.5) is 0 Å². The van der Waals surface area contributed by atoms with Gasteiger partial charge in [-0.05, 0) is 36.2 Å². The van der Waals surface area contributed by atoms with E-state index in [1.54, 1.807) is 25.1 Å². The average molecular weight is 483 g/mol. The molecule has 1 atom stereocenters. The fourth-order valence-corrected chi connectivity index (χ4v) is 3.23. The maximum Gasteiger partial charge on any atom is 0.327 e. The second-order valence-electron chi connectivity index (χ2n) is 6.69. The van der Waals surface area contributed by atoms with Crippen LogP contribution < -0.4 is 9.47 Å². The van der Waals surface area contributed by atoms with E-state index in [1.807, 2.05) is 60.7 Å². The highest BCUT2D eigenvalue weighted by Crippen LogP contribution is 2.31. The third-order valence-corrected chi connectivity index (χ3v) is 5.22. The molecular formula is C25H23BrO5. The van der Waals surface area contributed by atoms with Gasteiger partial charge in [0.15, 0.2) is 22.1 Å². The summed E-state index contributed by atoms with van der Waals surface area (Å²) < 4.78 is 16.9. The number of ketones is 1. The van der Waals surface area contributed by atoms with Crippen molar-refractivity contribution in [2.45, 2.75) is 25.0 Å². The van der Waals surface area contributed by atoms with Crippen molar-refractivity contribution in [3.8, 4) is 11.5 Å². The van der Waals surface area contributed by atoms with E-state index in [2.05, 4.69) is 15.9 Å². The highest BCUT2D eigenvalue weighted by atomic mass is 79.9. The molecule has 6 heteroatoms. The lowest BCUT2D eigenvalue weighted by atomic mass is 10.1. The minimum absolute atomic E-state index is 0.200. The highest BCUT2D eigenvalue weighted by molar-refractivity contribution is 9.10. The van der Waals surface area contributed by atoms with Crippen LogP contribution in [0.15, 0.2) is 78.9 Å². The van der Waals surface area contributed by atoms with Crippen molar-refractivity contribution in [1.82, 2.24) is 0 Å². The van der Waals surface area contributed by atoms with Gasteiger partial charge in [-0.25, -0.2) is 0 Å². The average Bonchev–Trinajstić information content (AvgIpc) is 2.82. The molecule has 0 aromatic heterocycles. The topological polar surface area (TPSA) is 61.8 Å². The van der Waals surface area contributed by atoms with Crippen LogP contribution in [0.3, 0.4) is 0 Å². The summed E-state index contributed by atoms with van der Waals surface area (Å²) in [6.45, 7) is 2.57. The fraction of sp³-hybridized carbons (Fsp3) is 0.200. The Morgan fingerprint density at radius 3 is 1.90 bits per heavy atom. The Morgan fingerprint density at radius 2 is 1.35 bits per heavy atom. The molecule has 0 radical (unpaired) electrons. The number of rotatable bonds is 10. The largest absolute Gasteiger partial charge is 0.485 e. The van der Waals surface area contributed by atoms with Gasteiger partial charge in [-0.2, -0.15) is 0 Å². The van der Waals surface area contributed by atoms with Crippen LogP contribution in [0, 0.1) is 0 Å². The Kier molecular flexibility index (Phi) is 8.24. The van der Waals surface area contributed by atoms with Crippen LogP contribution in [0.1, 0.15) is 28.4 Å². The minimum atomic E-state index is -1.08. The molecule has 0 amide bonds. The zero-order valence-electron chi connectivity index (χ0n) is 17.1. The van der Waals surface area contributed by atoms with Crippen molar-refractivity contribution in [1.29, 1.82) is 0 Å². The molecule has 0 saturated carbocycles. The summed E-state index contributed by atoms with van der Waals surface area (Å²) in [4.78, 5) is 23.6. The lowest BCUT2D eigenvalue weighted by Crippen LogP contribution is -2.26. The van der Waals surface area contributed by atoms with Crippen molar-refractivity contribution in [2.24, 2.45) is 0 Å². The van der Waals surface area contributed by atoms with E-state index in [4.69, 9.17) is 14.2 Å². The first-order chi connectivity index (χ1) is 15.1. The van der Waals surface area contributed by atoms with Crippen molar-refractivity contribution in [3.63, 3.8) is 0 Å². The lowest BCUT2D eigenvalue weighted by Gasteiger charge is -2.15. The van der Waals surface area contributed by atoms with Gasteiger partial charge in [0.05, 0.1) is 6.61 Å². The van der Waals surface area contributed by atoms with Gasteiger partial charge in [0.2, 0.25) is 0 Å². The van der Waals surface area contributed by atoms with E-state index < -0.39 is 16.6 Å². The minimum Gasteiger partial charge on any atom is -0.485 e. The van der Waals surface area contributed by atoms with E-state index >= 15 is 0 Å². The van der Waals surface area contributed by atoms with Gasteiger partial charge in [0.1, 0.15) is 13.2 Å². The van der Waals surface area contributed by atoms with E-state index in [0.29, 0.717) is 30.3 Å². The second-order valence-corrected chi connectivity index (χ2v) is 7.60. The normalized spacial score (nSPS) is 11.4. The van der Waals surface area contributed by atoms with E-state index in [-0.39, 0.29) is 6.61 Å². The third kappa shape index (κ3) is 6.43. The van der Waals surface area contributed by atoms with Crippen LogP contribution in [0.5, 0.6) is 11.5 Å². The number of halogens is 1. The number of Topliss-reactive ketones (excluding diaryl/α,β-unsaturated/α-hetero) is 1. The molecule has 31 heavy (non-hydrogen) atoms. The number of esters is 1. The standard InChI is InChI=1S/C25H23BrO5/c1-2-29-25(28)23(26)24(27)20-13-14-21(30-16-18-9-5-3-6-10-18)22(15-20)31-17-19-11-7-4-8-12-19/h3-15,23H,2,16-17H2,1H3. The molecule has 1 unspecified atom stereocenters. The first kappa shape index (κ1) is 22.6. The lowest BCUT2D eigenvalue weighted by molar-refractivity contribution is -0.141. The second kappa shape index (κ2) is 11.3. The molecule has 3 rings (SSSR count). The maximum absolute atomic E-state index is 12.7. The van der Waals surface area contributed by atoms with Crippen molar-refractivity contribution in [3.05, 3.63) is 95.6 Å². The zero-order valence-corrected chi connectivity index (χ0v) is 18.7. The number of carbonyl (C=O) groups is 2. The fourth-order valence-electron chi connectivity index (χ4n) is 2.83. The predicted molar refractivity (Wildman–Crippen MR) is 122 cm³/mol. The van der Waals surface area contributed by atoms with E-state index in [1.165, 1.54) is 0 Å². The Hall–Kier alpha value is -3.12. The Morgan fingerprint density at radius 1 is 0.806 bits per heavy atom. The summed E-state index contributed by atoms with van der Waals surface area (Å²) in [6, 6.07) is 24.4. The summed E-state index contributed by atoms with van der Waals surface area (Å²) in [6.07, 6.45) is 0. The number of ether oxygens (including phenoxy) is 3. The van der Waals surface area contributed by atoms with Crippen LogP contribution in [0.2, 0.25) is 0 Å². The molecule has 0 heterocycles. The van der Waals surface area contributed by atoms with E-state index in [9.17, 15) is 9.59 Å². The zero-order chi connectivity index (χ0) is 22.1. The van der Waals surface area contributed by atoms with Crippen molar-refractivity contribution >= 4 is 27.7 Å². The maximum atomic E-state index is 12.7. The summed E-state index contributed by atoms with van der Waals surface area (Å²) in [5, 5.41) is 0. The van der Waals surface area contributed by atoms with Crippen LogP contribution in [-0.4, -0.2) is 23.2 Å². The van der Waals surface area contributed by atoms with Crippen molar-refractivity contribution in [2.75, 3.05) is 6.61 Å². The molecule has 0 bridgehead atoms. The Bertz CT molecular complexity index is 1000. The molecular weight excluding hydrogens is 460 g/mol. The molecule has 3 aromatic rings. The van der Waals surface area contributed by atoms with Gasteiger partial charge in [-0.3, -0.25) is 9.59 Å². The smallest absolute Gasteiger partial charge is 0.327 e. The molecule has 0 aliphatic carbocycles. The van der Waals surface area contributed by atoms with Crippen LogP contribution >= 0.6 is 15.9 Å². The van der Waals surface area contributed by atoms with Crippen LogP contribution in [-0.2, 0) is 22.7 Å². The molecule has 0 spiro atoms. The van der Waals surface area contributed by atoms with Gasteiger partial charge >= 0.3 is 5.97 Å². The molecule has 0 aliphatic rings. The summed E-state index contributed by atoms with van der Waals surface area (Å²) in [7, 11) is 0. The van der Waals surface area contributed by atoms with Crippen LogP contribution in [0.25, 0.3) is 0 Å². The quantitative estimate of drug-likeness (QED) is 0.168. The molecule has 0 fully saturated rings. The predicted octanol–water partition coefficient (Wildman–Crippen LogP) is 5.35. The molecule has 0 saturated heterocycles. The summed E-state index contributed by atoms with van der Waals surface area (Å²) in [5.41, 5.74) is 2.32. The first-order valence-corrected chi connectivity index (χ1v) is 10.8. The third-order valence-electron chi connectivity index (χ3n) is 4.43. The Labute approximate surface area is 190 Å². The number of hydrogen-bond donors (Lipinski definition) is 0. The SMILES string of the molecule is CCOC(=O)C(Br)C(=O)c1ccc(OCc2ccccc2)c(OCc2ccccc2)c1. The molecule has 5 nitrogen and oxygen atoms in total. The van der Waals surface area contributed by atoms with Crippen molar-refractivity contribution < 1.29 is 23.8 Å². The van der Waals surface area contributed by atoms with Gasteiger partial charge < -0.3 is 14.2 Å². The van der Waals surface area contributed by atoms with Gasteiger partial charge in [-0.15, -0.1) is 0 Å². The first-order valence-electron chi connectivity index (χ1n) is 9.91. The number of hydrogen-bond acceptors (Lipinski definition) is 5. The summed E-state index contributed by atoms with van der Waals surface area (Å²) >= 11 is 3.13. The molecule has 160 valence electrons. The van der Waals surface area contributed by atoms with Gasteiger partial charge in [0, 0.05) is 5.56 Å². The molecule has 0 aliphatic heterocycles. The Balaban J connectivity index is 1.81. The molecule has 3 aromatic carbocycles. The number of alkyl halides is 1. The number of carbonyl (C=O) groups excluding carboxylic acids is 2. The van der Waals surface area contributed by atoms with Gasteiger partial charge in [0.25, 0.3) is 0 Å². The highest BCUT2D eigenvalue weighted by Gasteiger charge is 2.27. The van der Waals surface area contributed by atoms with E-state index in [0.717, 1.165) is 11.1 Å². The summed E-state index contributed by atoms with van der Waals surface area (Å²) in [5.74, 6) is -0.0888. The number of benzene rings is 3. The monoisotopic (exact) mass is 482 g/mol.